The number of hydrogen-bond donors (Lipinski definition) is 2. The molecule has 1 fully saturated rings. The summed E-state index contributed by atoms with van der Waals surface area (Å²) < 4.78 is 22.1. The highest BCUT2D eigenvalue weighted by Gasteiger charge is 2.32. The SMILES string of the molecule is COc1cccc(F)c1CN1CC(C)CC(NC(=O)c2ccc3n[nH]c(C4(C)C=Cc5nccn5C4)c3c2)C1. The first-order valence-corrected chi connectivity index (χ1v) is 13.4. The topological polar surface area (TPSA) is 88.1 Å². The molecule has 2 N–H and O–H groups in total. The summed E-state index contributed by atoms with van der Waals surface area (Å²) in [7, 11) is 1.56. The van der Waals surface area contributed by atoms with Gasteiger partial charge in [0, 0.05) is 66.5 Å². The van der Waals surface area contributed by atoms with Gasteiger partial charge in [-0.2, -0.15) is 5.10 Å². The highest BCUT2D eigenvalue weighted by Crippen LogP contribution is 2.35. The number of nitrogens with zero attached hydrogens (tertiary/aromatic N) is 4. The molecule has 0 saturated carbocycles. The molecule has 0 spiro atoms. The first-order valence-electron chi connectivity index (χ1n) is 13.4. The Kier molecular flexibility index (Phi) is 6.46. The van der Waals surface area contributed by atoms with Crippen LogP contribution < -0.4 is 10.1 Å². The van der Waals surface area contributed by atoms with Crippen LogP contribution in [0.5, 0.6) is 5.75 Å². The lowest BCUT2D eigenvalue weighted by atomic mass is 9.82. The fourth-order valence-electron chi connectivity index (χ4n) is 6.10. The number of allylic oxidation sites excluding steroid dienone is 1. The van der Waals surface area contributed by atoms with E-state index in [0.717, 1.165) is 41.9 Å². The normalized spacial score (nSPS) is 23.1. The number of likely N-dealkylation sites (tertiary alicyclic amines) is 1. The van der Waals surface area contributed by atoms with Crippen LogP contribution in [-0.4, -0.2) is 56.8 Å². The molecule has 1 saturated heterocycles. The molecule has 39 heavy (non-hydrogen) atoms. The summed E-state index contributed by atoms with van der Waals surface area (Å²) in [6, 6.07) is 10.5. The largest absolute Gasteiger partial charge is 0.496 e. The summed E-state index contributed by atoms with van der Waals surface area (Å²) in [6.45, 7) is 6.96. The number of benzene rings is 2. The van der Waals surface area contributed by atoms with Crippen molar-refractivity contribution in [3.05, 3.63) is 83.3 Å². The van der Waals surface area contributed by atoms with Crippen LogP contribution in [0.25, 0.3) is 17.0 Å². The maximum absolute atomic E-state index is 14.6. The Bertz CT molecular complexity index is 1560. The van der Waals surface area contributed by atoms with Crippen molar-refractivity contribution in [1.82, 2.24) is 30.0 Å². The first-order chi connectivity index (χ1) is 18.8. The number of piperidine rings is 1. The third-order valence-corrected chi connectivity index (χ3v) is 7.98. The molecule has 202 valence electrons. The number of carbonyl (C=O) groups excluding carboxylic acids is 1. The standard InChI is InChI=1S/C30H33FN6O2/c1-19-13-21(16-36(15-19)17-23-24(31)5-4-6-26(23)39-3)33-29(38)20-7-8-25-22(14-20)28(35-34-25)30(2)10-9-27-32-11-12-37(27)18-30/h4-12,14,19,21H,13,15-18H2,1-3H3,(H,33,38)(H,34,35). The molecule has 0 aliphatic carbocycles. The molecule has 2 aromatic carbocycles. The van der Waals surface area contributed by atoms with Gasteiger partial charge in [-0.05, 0) is 55.7 Å². The lowest BCUT2D eigenvalue weighted by molar-refractivity contribution is 0.0867. The third kappa shape index (κ3) is 4.83. The quantitative estimate of drug-likeness (QED) is 0.384. The fourth-order valence-corrected chi connectivity index (χ4v) is 6.10. The van der Waals surface area contributed by atoms with E-state index in [9.17, 15) is 9.18 Å². The second-order valence-corrected chi connectivity index (χ2v) is 11.1. The van der Waals surface area contributed by atoms with Crippen LogP contribution in [-0.2, 0) is 18.5 Å². The second kappa shape index (κ2) is 9.96. The average molecular weight is 529 g/mol. The zero-order valence-electron chi connectivity index (χ0n) is 22.4. The lowest BCUT2D eigenvalue weighted by Gasteiger charge is -2.37. The Balaban J connectivity index is 1.20. The first kappa shape index (κ1) is 25.3. The van der Waals surface area contributed by atoms with E-state index < -0.39 is 0 Å². The van der Waals surface area contributed by atoms with Gasteiger partial charge in [0.05, 0.1) is 18.3 Å². The minimum Gasteiger partial charge on any atom is -0.496 e. The second-order valence-electron chi connectivity index (χ2n) is 11.1. The van der Waals surface area contributed by atoms with Gasteiger partial charge >= 0.3 is 0 Å². The fraction of sp³-hybridized carbons (Fsp3) is 0.367. The number of rotatable bonds is 6. The van der Waals surface area contributed by atoms with Crippen molar-refractivity contribution < 1.29 is 13.9 Å². The van der Waals surface area contributed by atoms with Crippen LogP contribution in [0.1, 0.15) is 47.7 Å². The molecular formula is C30H33FN6O2. The maximum atomic E-state index is 14.6. The molecule has 2 aliphatic heterocycles. The van der Waals surface area contributed by atoms with Crippen molar-refractivity contribution in [2.45, 2.75) is 44.8 Å². The Labute approximate surface area is 226 Å². The molecule has 2 aromatic heterocycles. The zero-order valence-corrected chi connectivity index (χ0v) is 22.4. The minimum atomic E-state index is -0.315. The van der Waals surface area contributed by atoms with Gasteiger partial charge in [-0.25, -0.2) is 9.37 Å². The van der Waals surface area contributed by atoms with Crippen molar-refractivity contribution in [3.63, 3.8) is 0 Å². The van der Waals surface area contributed by atoms with Crippen molar-refractivity contribution in [2.24, 2.45) is 5.92 Å². The molecule has 1 amide bonds. The highest BCUT2D eigenvalue weighted by atomic mass is 19.1. The van der Waals surface area contributed by atoms with Gasteiger partial charge in [0.1, 0.15) is 17.4 Å². The molecule has 4 heterocycles. The van der Waals surface area contributed by atoms with Gasteiger partial charge in [-0.3, -0.25) is 14.8 Å². The van der Waals surface area contributed by atoms with Gasteiger partial charge in [0.15, 0.2) is 0 Å². The van der Waals surface area contributed by atoms with Gasteiger partial charge in [-0.1, -0.05) is 19.1 Å². The van der Waals surface area contributed by atoms with Gasteiger partial charge < -0.3 is 14.6 Å². The summed E-state index contributed by atoms with van der Waals surface area (Å²) in [6.07, 6.45) is 8.83. The zero-order chi connectivity index (χ0) is 27.1. The molecule has 6 rings (SSSR count). The predicted molar refractivity (Wildman–Crippen MR) is 148 cm³/mol. The van der Waals surface area contributed by atoms with Crippen LogP contribution in [0.4, 0.5) is 4.39 Å². The van der Waals surface area contributed by atoms with Gasteiger partial charge in [0.2, 0.25) is 0 Å². The van der Waals surface area contributed by atoms with Gasteiger partial charge in [-0.15, -0.1) is 0 Å². The molecule has 2 aliphatic rings. The van der Waals surface area contributed by atoms with Crippen LogP contribution in [0.2, 0.25) is 0 Å². The Morgan fingerprint density at radius 1 is 1.28 bits per heavy atom. The number of nitrogens with one attached hydrogen (secondary N) is 2. The van der Waals surface area contributed by atoms with E-state index in [2.05, 4.69) is 49.9 Å². The number of ether oxygens (including phenoxy) is 1. The highest BCUT2D eigenvalue weighted by molar-refractivity contribution is 5.99. The summed E-state index contributed by atoms with van der Waals surface area (Å²) in [4.78, 5) is 20.0. The predicted octanol–water partition coefficient (Wildman–Crippen LogP) is 4.53. The molecule has 3 unspecified atom stereocenters. The average Bonchev–Trinajstić information content (AvgIpc) is 3.56. The monoisotopic (exact) mass is 528 g/mol. The summed E-state index contributed by atoms with van der Waals surface area (Å²) in [5, 5.41) is 11.9. The maximum Gasteiger partial charge on any atom is 0.251 e. The number of fused-ring (bicyclic) bond motifs is 2. The van der Waals surface area contributed by atoms with Crippen LogP contribution >= 0.6 is 0 Å². The minimum absolute atomic E-state index is 0.0445. The van der Waals surface area contributed by atoms with Crippen molar-refractivity contribution in [3.8, 4) is 5.75 Å². The molecule has 3 atom stereocenters. The number of H-pyrrole nitrogens is 1. The van der Waals surface area contributed by atoms with Crippen molar-refractivity contribution in [1.29, 1.82) is 0 Å². The van der Waals surface area contributed by atoms with Gasteiger partial charge in [0.25, 0.3) is 5.91 Å². The molecule has 0 radical (unpaired) electrons. The summed E-state index contributed by atoms with van der Waals surface area (Å²) in [5.74, 6) is 1.44. The van der Waals surface area contributed by atoms with E-state index in [0.29, 0.717) is 35.9 Å². The van der Waals surface area contributed by atoms with E-state index in [-0.39, 0.29) is 23.2 Å². The molecule has 0 bridgehead atoms. The number of methoxy groups -OCH3 is 1. The van der Waals surface area contributed by atoms with E-state index >= 15 is 0 Å². The summed E-state index contributed by atoms with van der Waals surface area (Å²) in [5.41, 5.74) is 2.62. The van der Waals surface area contributed by atoms with Crippen LogP contribution in [0.15, 0.2) is 54.9 Å². The van der Waals surface area contributed by atoms with Crippen LogP contribution in [0, 0.1) is 11.7 Å². The van der Waals surface area contributed by atoms with Crippen molar-refractivity contribution >= 4 is 22.9 Å². The Hall–Kier alpha value is -3.98. The van der Waals surface area contributed by atoms with E-state index in [4.69, 9.17) is 4.74 Å². The number of halogens is 1. The number of aromatic amines is 1. The Morgan fingerprint density at radius 3 is 3.00 bits per heavy atom. The molecular weight excluding hydrogens is 495 g/mol. The number of amides is 1. The molecule has 8 nitrogen and oxygen atoms in total. The third-order valence-electron chi connectivity index (χ3n) is 7.98. The molecule has 9 heteroatoms. The smallest absolute Gasteiger partial charge is 0.251 e. The number of imidazole rings is 1. The Morgan fingerprint density at radius 2 is 2.15 bits per heavy atom. The summed E-state index contributed by atoms with van der Waals surface area (Å²) >= 11 is 0. The van der Waals surface area contributed by atoms with Crippen LogP contribution in [0.3, 0.4) is 0 Å². The lowest BCUT2D eigenvalue weighted by Crippen LogP contribution is -2.50. The number of hydrogen-bond acceptors (Lipinski definition) is 5. The van der Waals surface area contributed by atoms with E-state index in [1.165, 1.54) is 6.07 Å². The van der Waals surface area contributed by atoms with E-state index in [1.54, 1.807) is 25.4 Å². The molecule has 4 aromatic rings. The number of aromatic nitrogens is 4. The van der Waals surface area contributed by atoms with Crippen molar-refractivity contribution in [2.75, 3.05) is 20.2 Å². The van der Waals surface area contributed by atoms with E-state index in [1.807, 2.05) is 30.5 Å². The number of carbonyl (C=O) groups is 1.